The van der Waals surface area contributed by atoms with Crippen LogP contribution >= 0.6 is 0 Å². The summed E-state index contributed by atoms with van der Waals surface area (Å²) in [7, 11) is 0. The lowest BCUT2D eigenvalue weighted by Gasteiger charge is -2.08. The highest BCUT2D eigenvalue weighted by atomic mass is 16.1. The lowest BCUT2D eigenvalue weighted by atomic mass is 10.2. The molecule has 2 N–H and O–H groups in total. The van der Waals surface area contributed by atoms with Crippen molar-refractivity contribution in [2.45, 2.75) is 38.9 Å². The van der Waals surface area contributed by atoms with Crippen molar-refractivity contribution in [2.24, 2.45) is 0 Å². The van der Waals surface area contributed by atoms with Crippen LogP contribution in [0.2, 0.25) is 0 Å². The van der Waals surface area contributed by atoms with Crippen LogP contribution < -0.4 is 10.6 Å². The average Bonchev–Trinajstić information content (AvgIpc) is 2.85. The fraction of sp³-hybridized carbons (Fsp3) is 0.636. The minimum atomic E-state index is 0.138. The van der Waals surface area contributed by atoms with Crippen LogP contribution in [0, 0.1) is 0 Å². The predicted octanol–water partition coefficient (Wildman–Crippen LogP) is 0.271. The molecule has 1 aromatic rings. The maximum atomic E-state index is 11.0. The Bertz CT molecular complexity index is 361. The van der Waals surface area contributed by atoms with Crippen LogP contribution in [-0.2, 0) is 17.9 Å². The van der Waals surface area contributed by atoms with Crippen molar-refractivity contribution >= 4 is 5.91 Å². The first-order valence-electron chi connectivity index (χ1n) is 5.79. The zero-order valence-corrected chi connectivity index (χ0v) is 9.57. The second-order valence-corrected chi connectivity index (χ2v) is 4.20. The molecule has 1 unspecified atom stereocenters. The summed E-state index contributed by atoms with van der Waals surface area (Å²) in [4.78, 5) is 11.0. The molecule has 0 aliphatic carbocycles. The van der Waals surface area contributed by atoms with Gasteiger partial charge in [-0.25, -0.2) is 0 Å². The molecular weight excluding hydrogens is 204 g/mol. The molecule has 0 bridgehead atoms. The number of hydrogen-bond donors (Lipinski definition) is 2. The first-order chi connectivity index (χ1) is 7.78. The number of nitrogens with one attached hydrogen (secondary N) is 2. The standard InChI is InChI=1S/C11H18N4O/c1-2-3-15-8-9(6-14-15)5-12-10-4-11(16)13-7-10/h6,8,10,12H,2-5,7H2,1H3,(H,13,16). The van der Waals surface area contributed by atoms with Gasteiger partial charge in [-0.15, -0.1) is 0 Å². The largest absolute Gasteiger partial charge is 0.354 e. The Morgan fingerprint density at radius 2 is 2.56 bits per heavy atom. The first-order valence-corrected chi connectivity index (χ1v) is 5.79. The van der Waals surface area contributed by atoms with Crippen LogP contribution in [0.15, 0.2) is 12.4 Å². The van der Waals surface area contributed by atoms with Gasteiger partial charge in [0, 0.05) is 43.9 Å². The minimum Gasteiger partial charge on any atom is -0.354 e. The summed E-state index contributed by atoms with van der Waals surface area (Å²) < 4.78 is 1.95. The number of carbonyl (C=O) groups excluding carboxylic acids is 1. The molecule has 1 fully saturated rings. The normalized spacial score (nSPS) is 20.1. The van der Waals surface area contributed by atoms with Crippen molar-refractivity contribution in [1.29, 1.82) is 0 Å². The number of aromatic nitrogens is 2. The Morgan fingerprint density at radius 1 is 1.69 bits per heavy atom. The van der Waals surface area contributed by atoms with Gasteiger partial charge in [-0.2, -0.15) is 5.10 Å². The fourth-order valence-electron chi connectivity index (χ4n) is 1.86. The lowest BCUT2D eigenvalue weighted by Crippen LogP contribution is -2.30. The van der Waals surface area contributed by atoms with Gasteiger partial charge >= 0.3 is 0 Å². The minimum absolute atomic E-state index is 0.138. The Kier molecular flexibility index (Phi) is 3.56. The number of amides is 1. The number of rotatable bonds is 5. The van der Waals surface area contributed by atoms with E-state index >= 15 is 0 Å². The average molecular weight is 222 g/mol. The molecule has 1 aliphatic rings. The molecule has 0 aromatic carbocycles. The van der Waals surface area contributed by atoms with Gasteiger partial charge in [0.25, 0.3) is 0 Å². The highest BCUT2D eigenvalue weighted by Gasteiger charge is 2.20. The molecule has 5 heteroatoms. The van der Waals surface area contributed by atoms with Crippen molar-refractivity contribution in [3.05, 3.63) is 18.0 Å². The number of hydrogen-bond acceptors (Lipinski definition) is 3. The SMILES string of the molecule is CCCn1cc(CNC2CNC(=O)C2)cn1. The molecule has 2 heterocycles. The van der Waals surface area contributed by atoms with Crippen molar-refractivity contribution in [3.8, 4) is 0 Å². The summed E-state index contributed by atoms with van der Waals surface area (Å²) in [6.07, 6.45) is 5.62. The number of carbonyl (C=O) groups is 1. The van der Waals surface area contributed by atoms with Gasteiger partial charge in [0.15, 0.2) is 0 Å². The first kappa shape index (κ1) is 11.1. The molecule has 0 radical (unpaired) electrons. The summed E-state index contributed by atoms with van der Waals surface area (Å²) in [6, 6.07) is 0.266. The van der Waals surface area contributed by atoms with Gasteiger partial charge in [0.05, 0.1) is 6.20 Å². The Hall–Kier alpha value is -1.36. The Morgan fingerprint density at radius 3 is 3.25 bits per heavy atom. The van der Waals surface area contributed by atoms with E-state index in [1.54, 1.807) is 0 Å². The van der Waals surface area contributed by atoms with Crippen LogP contribution in [0.25, 0.3) is 0 Å². The van der Waals surface area contributed by atoms with E-state index in [1.807, 2.05) is 10.9 Å². The fourth-order valence-corrected chi connectivity index (χ4v) is 1.86. The van der Waals surface area contributed by atoms with Crippen LogP contribution in [0.5, 0.6) is 0 Å². The Labute approximate surface area is 95.2 Å². The van der Waals surface area contributed by atoms with E-state index in [0.29, 0.717) is 6.42 Å². The zero-order chi connectivity index (χ0) is 11.4. The van der Waals surface area contributed by atoms with Gasteiger partial charge in [-0.05, 0) is 6.42 Å². The summed E-state index contributed by atoms with van der Waals surface area (Å²) in [5.74, 6) is 0.138. The second-order valence-electron chi connectivity index (χ2n) is 4.20. The van der Waals surface area contributed by atoms with Crippen molar-refractivity contribution in [2.75, 3.05) is 6.54 Å². The molecule has 2 rings (SSSR count). The lowest BCUT2D eigenvalue weighted by molar-refractivity contribution is -0.119. The highest BCUT2D eigenvalue weighted by Crippen LogP contribution is 2.03. The summed E-state index contributed by atoms with van der Waals surface area (Å²) in [5.41, 5.74) is 1.17. The Balaban J connectivity index is 1.78. The molecule has 0 spiro atoms. The summed E-state index contributed by atoms with van der Waals surface area (Å²) in [6.45, 7) is 4.62. The number of nitrogens with zero attached hydrogens (tertiary/aromatic N) is 2. The molecule has 0 saturated carbocycles. The van der Waals surface area contributed by atoms with Gasteiger partial charge in [-0.1, -0.05) is 6.92 Å². The van der Waals surface area contributed by atoms with E-state index in [9.17, 15) is 4.79 Å². The van der Waals surface area contributed by atoms with E-state index in [4.69, 9.17) is 0 Å². The highest BCUT2D eigenvalue weighted by molar-refractivity contribution is 5.78. The van der Waals surface area contributed by atoms with Crippen LogP contribution in [0.1, 0.15) is 25.3 Å². The molecule has 88 valence electrons. The van der Waals surface area contributed by atoms with Crippen LogP contribution in [0.4, 0.5) is 0 Å². The summed E-state index contributed by atoms with van der Waals surface area (Å²) >= 11 is 0. The molecule has 1 aliphatic heterocycles. The molecule has 16 heavy (non-hydrogen) atoms. The van der Waals surface area contributed by atoms with Crippen molar-refractivity contribution < 1.29 is 4.79 Å². The van der Waals surface area contributed by atoms with Crippen LogP contribution in [0.3, 0.4) is 0 Å². The topological polar surface area (TPSA) is 59.0 Å². The van der Waals surface area contributed by atoms with E-state index in [2.05, 4.69) is 28.9 Å². The quantitative estimate of drug-likeness (QED) is 0.752. The maximum Gasteiger partial charge on any atom is 0.221 e. The van der Waals surface area contributed by atoms with Gasteiger partial charge in [-0.3, -0.25) is 9.48 Å². The van der Waals surface area contributed by atoms with Gasteiger partial charge in [0.2, 0.25) is 5.91 Å². The van der Waals surface area contributed by atoms with E-state index in [1.165, 1.54) is 5.56 Å². The molecule has 5 nitrogen and oxygen atoms in total. The van der Waals surface area contributed by atoms with E-state index < -0.39 is 0 Å². The molecule has 1 amide bonds. The smallest absolute Gasteiger partial charge is 0.221 e. The third-order valence-electron chi connectivity index (χ3n) is 2.71. The van der Waals surface area contributed by atoms with E-state index in [-0.39, 0.29) is 11.9 Å². The van der Waals surface area contributed by atoms with Crippen molar-refractivity contribution in [1.82, 2.24) is 20.4 Å². The monoisotopic (exact) mass is 222 g/mol. The number of aryl methyl sites for hydroxylation is 1. The molecule has 1 atom stereocenters. The third kappa shape index (κ3) is 2.82. The predicted molar refractivity (Wildman–Crippen MR) is 60.8 cm³/mol. The van der Waals surface area contributed by atoms with Gasteiger partial charge < -0.3 is 10.6 Å². The third-order valence-corrected chi connectivity index (χ3v) is 2.71. The maximum absolute atomic E-state index is 11.0. The zero-order valence-electron chi connectivity index (χ0n) is 9.57. The van der Waals surface area contributed by atoms with E-state index in [0.717, 1.165) is 26.1 Å². The second kappa shape index (κ2) is 5.12. The van der Waals surface area contributed by atoms with Gasteiger partial charge in [0.1, 0.15) is 0 Å². The molecular formula is C11H18N4O. The van der Waals surface area contributed by atoms with Crippen molar-refractivity contribution in [3.63, 3.8) is 0 Å². The van der Waals surface area contributed by atoms with Crippen LogP contribution in [-0.4, -0.2) is 28.3 Å². The molecule has 1 aromatic heterocycles. The summed E-state index contributed by atoms with van der Waals surface area (Å²) in [5, 5.41) is 10.4. The molecule has 1 saturated heterocycles.